The number of rotatable bonds is 8. The summed E-state index contributed by atoms with van der Waals surface area (Å²) in [5, 5.41) is 2.38. The Labute approximate surface area is 187 Å². The first-order chi connectivity index (χ1) is 14.0. The van der Waals surface area contributed by atoms with Gasteiger partial charge in [-0.25, -0.2) is 4.90 Å². The van der Waals surface area contributed by atoms with Crippen LogP contribution in [-0.4, -0.2) is 35.3 Å². The zero-order chi connectivity index (χ0) is 20.8. The highest BCUT2D eigenvalue weighted by Gasteiger charge is 2.39. The van der Waals surface area contributed by atoms with Gasteiger partial charge in [-0.1, -0.05) is 0 Å². The number of halogens is 1. The molecule has 1 heterocycles. The maximum atomic E-state index is 12.7. The van der Waals surface area contributed by atoms with Crippen molar-refractivity contribution in [3.05, 3.63) is 52.1 Å². The zero-order valence-electron chi connectivity index (χ0n) is 15.9. The third kappa shape index (κ3) is 5.72. The molecule has 3 rings (SSSR count). The molecule has 0 radical (unpaired) electrons. The van der Waals surface area contributed by atoms with E-state index in [1.54, 1.807) is 24.3 Å². The van der Waals surface area contributed by atoms with Crippen LogP contribution >= 0.6 is 34.4 Å². The van der Waals surface area contributed by atoms with Crippen molar-refractivity contribution < 1.29 is 19.1 Å². The highest BCUT2D eigenvalue weighted by molar-refractivity contribution is 14.1. The van der Waals surface area contributed by atoms with Crippen molar-refractivity contribution in [2.45, 2.75) is 25.0 Å². The fourth-order valence-corrected chi connectivity index (χ4v) is 4.37. The third-order valence-corrected chi connectivity index (χ3v) is 6.22. The number of amides is 3. The summed E-state index contributed by atoms with van der Waals surface area (Å²) in [6, 6.07) is 14.4. The van der Waals surface area contributed by atoms with Crippen molar-refractivity contribution in [1.82, 2.24) is 0 Å². The van der Waals surface area contributed by atoms with E-state index in [9.17, 15) is 14.4 Å². The molecule has 29 heavy (non-hydrogen) atoms. The van der Waals surface area contributed by atoms with Gasteiger partial charge in [-0.05, 0) is 78.0 Å². The molecule has 1 atom stereocenters. The largest absolute Gasteiger partial charge is 0.494 e. The lowest BCUT2D eigenvalue weighted by Gasteiger charge is -2.15. The normalized spacial score (nSPS) is 16.2. The quantitative estimate of drug-likeness (QED) is 0.416. The monoisotopic (exact) mass is 524 g/mol. The van der Waals surface area contributed by atoms with Crippen LogP contribution in [0, 0.1) is 3.57 Å². The van der Waals surface area contributed by atoms with Gasteiger partial charge in [0.25, 0.3) is 0 Å². The van der Waals surface area contributed by atoms with Crippen LogP contribution < -0.4 is 15.0 Å². The van der Waals surface area contributed by atoms with Gasteiger partial charge in [-0.2, -0.15) is 0 Å². The molecule has 152 valence electrons. The molecule has 0 spiro atoms. The fraction of sp³-hybridized carbons (Fsp3) is 0.286. The van der Waals surface area contributed by atoms with Crippen molar-refractivity contribution in [1.29, 1.82) is 0 Å². The van der Waals surface area contributed by atoms with Gasteiger partial charge >= 0.3 is 0 Å². The van der Waals surface area contributed by atoms with Gasteiger partial charge in [0.05, 0.1) is 17.5 Å². The Kier molecular flexibility index (Phi) is 7.54. The molecule has 1 unspecified atom stereocenters. The predicted molar refractivity (Wildman–Crippen MR) is 123 cm³/mol. The Morgan fingerprint density at radius 2 is 1.86 bits per heavy atom. The van der Waals surface area contributed by atoms with Gasteiger partial charge < -0.3 is 10.1 Å². The van der Waals surface area contributed by atoms with Crippen molar-refractivity contribution in [3.8, 4) is 5.75 Å². The lowest BCUT2D eigenvalue weighted by atomic mass is 10.3. The predicted octanol–water partition coefficient (Wildman–Crippen LogP) is 4.08. The van der Waals surface area contributed by atoms with E-state index in [0.29, 0.717) is 23.8 Å². The highest BCUT2D eigenvalue weighted by Crippen LogP contribution is 2.31. The van der Waals surface area contributed by atoms with E-state index in [4.69, 9.17) is 4.74 Å². The second-order valence-electron chi connectivity index (χ2n) is 6.36. The molecule has 0 aromatic heterocycles. The average molecular weight is 524 g/mol. The first-order valence-corrected chi connectivity index (χ1v) is 11.4. The fourth-order valence-electron chi connectivity index (χ4n) is 2.91. The summed E-state index contributed by atoms with van der Waals surface area (Å²) in [4.78, 5) is 38.3. The molecular formula is C21H21IN2O4S. The van der Waals surface area contributed by atoms with Crippen LogP contribution in [0.15, 0.2) is 48.5 Å². The van der Waals surface area contributed by atoms with Crippen LogP contribution in [0.25, 0.3) is 0 Å². The summed E-state index contributed by atoms with van der Waals surface area (Å²) in [5.74, 6) is 0.596. The number of carbonyl (C=O) groups excluding carboxylic acids is 3. The molecule has 1 N–H and O–H groups in total. The maximum Gasteiger partial charge on any atom is 0.247 e. The lowest BCUT2D eigenvalue weighted by molar-refractivity contribution is -0.121. The van der Waals surface area contributed by atoms with Crippen LogP contribution in [0.2, 0.25) is 0 Å². The number of hydrogen-bond acceptors (Lipinski definition) is 5. The smallest absolute Gasteiger partial charge is 0.247 e. The summed E-state index contributed by atoms with van der Waals surface area (Å²) in [6.07, 6.45) is 0.424. The molecule has 6 nitrogen and oxygen atoms in total. The second-order valence-corrected chi connectivity index (χ2v) is 8.92. The van der Waals surface area contributed by atoms with Gasteiger partial charge in [0.1, 0.15) is 5.75 Å². The van der Waals surface area contributed by atoms with Gasteiger partial charge in [-0.15, -0.1) is 11.8 Å². The number of nitrogens with one attached hydrogen (secondary N) is 1. The van der Waals surface area contributed by atoms with Crippen LogP contribution in [0.1, 0.15) is 19.8 Å². The molecular weight excluding hydrogens is 503 g/mol. The highest BCUT2D eigenvalue weighted by atomic mass is 127. The van der Waals surface area contributed by atoms with Crippen LogP contribution in [0.5, 0.6) is 5.75 Å². The number of carbonyl (C=O) groups is 3. The minimum absolute atomic E-state index is 0.112. The summed E-state index contributed by atoms with van der Waals surface area (Å²) in [7, 11) is 0. The molecule has 1 fully saturated rings. The van der Waals surface area contributed by atoms with Gasteiger partial charge in [0.2, 0.25) is 17.7 Å². The maximum absolute atomic E-state index is 12.7. The molecule has 1 aliphatic rings. The first kappa shape index (κ1) is 21.6. The van der Waals surface area contributed by atoms with Crippen LogP contribution in [-0.2, 0) is 14.4 Å². The number of nitrogens with zero attached hydrogens (tertiary/aromatic N) is 1. The molecule has 1 saturated heterocycles. The summed E-state index contributed by atoms with van der Waals surface area (Å²) in [6.45, 7) is 2.45. The molecule has 0 saturated carbocycles. The van der Waals surface area contributed by atoms with E-state index in [1.165, 1.54) is 16.7 Å². The number of benzene rings is 2. The minimum Gasteiger partial charge on any atom is -0.494 e. The first-order valence-electron chi connectivity index (χ1n) is 9.24. The molecule has 0 aliphatic carbocycles. The zero-order valence-corrected chi connectivity index (χ0v) is 18.9. The van der Waals surface area contributed by atoms with Crippen LogP contribution in [0.3, 0.4) is 0 Å². The van der Waals surface area contributed by atoms with Crippen molar-refractivity contribution in [2.24, 2.45) is 0 Å². The van der Waals surface area contributed by atoms with E-state index in [-0.39, 0.29) is 30.6 Å². The molecule has 2 aromatic carbocycles. The summed E-state index contributed by atoms with van der Waals surface area (Å²) in [5.41, 5.74) is 1.29. The number of ether oxygens (including phenoxy) is 1. The Balaban J connectivity index is 1.50. The Hall–Kier alpha value is -2.07. The van der Waals surface area contributed by atoms with Crippen LogP contribution in [0.4, 0.5) is 11.4 Å². The molecule has 0 bridgehead atoms. The molecule has 8 heteroatoms. The molecule has 2 aromatic rings. The van der Waals surface area contributed by atoms with E-state index < -0.39 is 5.25 Å². The lowest BCUT2D eigenvalue weighted by Crippen LogP contribution is -2.31. The standard InChI is InChI=1S/C21H21IN2O4S/c1-2-28-17-9-7-16(8-10-17)24-20(26)13-18(21(24)27)29-12-11-19(25)23-15-5-3-14(22)4-6-15/h3-10,18H,2,11-13H2,1H3,(H,23,25). The van der Waals surface area contributed by atoms with Crippen molar-refractivity contribution in [3.63, 3.8) is 0 Å². The average Bonchev–Trinajstić information content (AvgIpc) is 2.98. The third-order valence-electron chi connectivity index (χ3n) is 4.29. The second kappa shape index (κ2) is 10.1. The number of imide groups is 1. The summed E-state index contributed by atoms with van der Waals surface area (Å²) >= 11 is 3.55. The van der Waals surface area contributed by atoms with Gasteiger partial charge in [0, 0.05) is 27.9 Å². The van der Waals surface area contributed by atoms with E-state index in [1.807, 2.05) is 31.2 Å². The Bertz CT molecular complexity index is 887. The van der Waals surface area contributed by atoms with Gasteiger partial charge in [0.15, 0.2) is 0 Å². The number of hydrogen-bond donors (Lipinski definition) is 1. The minimum atomic E-state index is -0.458. The Morgan fingerprint density at radius 3 is 2.52 bits per heavy atom. The van der Waals surface area contributed by atoms with E-state index >= 15 is 0 Å². The molecule has 3 amide bonds. The summed E-state index contributed by atoms with van der Waals surface area (Å²) < 4.78 is 6.49. The SMILES string of the molecule is CCOc1ccc(N2C(=O)CC(SCCC(=O)Nc3ccc(I)cc3)C2=O)cc1. The number of anilines is 2. The number of thioether (sulfide) groups is 1. The Morgan fingerprint density at radius 1 is 1.17 bits per heavy atom. The van der Waals surface area contributed by atoms with Crippen molar-refractivity contribution >= 4 is 63.4 Å². The molecule has 1 aliphatic heterocycles. The van der Waals surface area contributed by atoms with E-state index in [2.05, 4.69) is 27.9 Å². The van der Waals surface area contributed by atoms with E-state index in [0.717, 1.165) is 9.26 Å². The topological polar surface area (TPSA) is 75.7 Å². The van der Waals surface area contributed by atoms with Crippen molar-refractivity contribution in [2.75, 3.05) is 22.6 Å². The van der Waals surface area contributed by atoms with Gasteiger partial charge in [-0.3, -0.25) is 14.4 Å².